The molecule has 2 rings (SSSR count). The van der Waals surface area contributed by atoms with Gasteiger partial charge in [-0.05, 0) is 38.1 Å². The van der Waals surface area contributed by atoms with Crippen LogP contribution in [-0.2, 0) is 0 Å². The Hall–Kier alpha value is -2.01. The standard InChI is InChI=1S/C14H13NO/c1-4-14(2,3)16-12-7-8-13-11(10-12)6-5-9-15-13/h1,5-10H,2-3H3. The van der Waals surface area contributed by atoms with Crippen molar-refractivity contribution in [3.8, 4) is 18.1 Å². The predicted octanol–water partition coefficient (Wildman–Crippen LogP) is 3.03. The maximum absolute atomic E-state index is 5.70. The second-order valence-corrected chi connectivity index (χ2v) is 4.11. The van der Waals surface area contributed by atoms with Gasteiger partial charge in [0.15, 0.2) is 5.60 Å². The van der Waals surface area contributed by atoms with E-state index in [1.54, 1.807) is 6.20 Å². The molecular formula is C14H13NO. The van der Waals surface area contributed by atoms with Crippen LogP contribution in [0.5, 0.6) is 5.75 Å². The van der Waals surface area contributed by atoms with Crippen LogP contribution in [0.3, 0.4) is 0 Å². The lowest BCUT2D eigenvalue weighted by Gasteiger charge is -2.20. The molecule has 0 spiro atoms. The monoisotopic (exact) mass is 211 g/mol. The second-order valence-electron chi connectivity index (χ2n) is 4.11. The van der Waals surface area contributed by atoms with E-state index in [2.05, 4.69) is 10.9 Å². The molecule has 0 aliphatic carbocycles. The number of hydrogen-bond donors (Lipinski definition) is 0. The molecule has 2 aromatic rings. The van der Waals surface area contributed by atoms with E-state index < -0.39 is 5.60 Å². The van der Waals surface area contributed by atoms with Gasteiger partial charge in [-0.3, -0.25) is 4.98 Å². The number of fused-ring (bicyclic) bond motifs is 1. The van der Waals surface area contributed by atoms with Crippen LogP contribution in [0.2, 0.25) is 0 Å². The molecule has 16 heavy (non-hydrogen) atoms. The molecule has 0 amide bonds. The third kappa shape index (κ3) is 2.14. The highest BCUT2D eigenvalue weighted by atomic mass is 16.5. The zero-order valence-corrected chi connectivity index (χ0v) is 9.40. The van der Waals surface area contributed by atoms with E-state index in [0.717, 1.165) is 16.7 Å². The van der Waals surface area contributed by atoms with Crippen molar-refractivity contribution in [3.05, 3.63) is 36.5 Å². The summed E-state index contributed by atoms with van der Waals surface area (Å²) < 4.78 is 5.70. The third-order valence-electron chi connectivity index (χ3n) is 2.30. The highest BCUT2D eigenvalue weighted by Crippen LogP contribution is 2.22. The summed E-state index contributed by atoms with van der Waals surface area (Å²) in [6.45, 7) is 3.72. The van der Waals surface area contributed by atoms with E-state index in [1.165, 1.54) is 0 Å². The van der Waals surface area contributed by atoms with E-state index in [4.69, 9.17) is 11.2 Å². The van der Waals surface area contributed by atoms with Crippen LogP contribution in [0, 0.1) is 12.3 Å². The number of hydrogen-bond acceptors (Lipinski definition) is 2. The summed E-state index contributed by atoms with van der Waals surface area (Å²) in [6.07, 6.45) is 7.15. The molecular weight excluding hydrogens is 198 g/mol. The number of benzene rings is 1. The SMILES string of the molecule is C#CC(C)(C)Oc1ccc2ncccc2c1. The van der Waals surface area contributed by atoms with Gasteiger partial charge >= 0.3 is 0 Å². The molecule has 0 atom stereocenters. The Labute approximate surface area is 95.3 Å². The number of terminal acetylenes is 1. The Morgan fingerprint density at radius 1 is 1.31 bits per heavy atom. The van der Waals surface area contributed by atoms with E-state index in [9.17, 15) is 0 Å². The molecule has 1 aromatic carbocycles. The lowest BCUT2D eigenvalue weighted by atomic mass is 10.1. The summed E-state index contributed by atoms with van der Waals surface area (Å²) in [4.78, 5) is 4.24. The second kappa shape index (κ2) is 3.86. The molecule has 0 saturated carbocycles. The summed E-state index contributed by atoms with van der Waals surface area (Å²) in [5.41, 5.74) is 0.365. The van der Waals surface area contributed by atoms with Crippen molar-refractivity contribution in [2.24, 2.45) is 0 Å². The number of aromatic nitrogens is 1. The van der Waals surface area contributed by atoms with Crippen LogP contribution in [0.15, 0.2) is 36.5 Å². The molecule has 2 nitrogen and oxygen atoms in total. The van der Waals surface area contributed by atoms with Gasteiger partial charge in [0.1, 0.15) is 5.75 Å². The summed E-state index contributed by atoms with van der Waals surface area (Å²) in [5.74, 6) is 3.37. The number of nitrogens with zero attached hydrogens (tertiary/aromatic N) is 1. The quantitative estimate of drug-likeness (QED) is 0.712. The fourth-order valence-corrected chi connectivity index (χ4v) is 1.44. The van der Waals surface area contributed by atoms with Gasteiger partial charge in [-0.1, -0.05) is 12.0 Å². The lowest BCUT2D eigenvalue weighted by Crippen LogP contribution is -2.25. The molecule has 0 radical (unpaired) electrons. The van der Waals surface area contributed by atoms with Crippen molar-refractivity contribution in [1.29, 1.82) is 0 Å². The Morgan fingerprint density at radius 3 is 2.88 bits per heavy atom. The highest BCUT2D eigenvalue weighted by Gasteiger charge is 2.15. The first-order chi connectivity index (χ1) is 7.61. The first-order valence-electron chi connectivity index (χ1n) is 5.12. The molecule has 1 aromatic heterocycles. The summed E-state index contributed by atoms with van der Waals surface area (Å²) in [5, 5.41) is 1.05. The van der Waals surface area contributed by atoms with Gasteiger partial charge in [-0.2, -0.15) is 0 Å². The Morgan fingerprint density at radius 2 is 2.12 bits per heavy atom. The fraction of sp³-hybridized carbons (Fsp3) is 0.214. The van der Waals surface area contributed by atoms with Crippen molar-refractivity contribution in [2.45, 2.75) is 19.4 Å². The molecule has 2 heteroatoms. The predicted molar refractivity (Wildman–Crippen MR) is 65.3 cm³/mol. The number of rotatable bonds is 2. The van der Waals surface area contributed by atoms with Crippen LogP contribution < -0.4 is 4.74 Å². The first-order valence-corrected chi connectivity index (χ1v) is 5.12. The normalized spacial score (nSPS) is 11.1. The van der Waals surface area contributed by atoms with Crippen LogP contribution in [0.1, 0.15) is 13.8 Å². The Bertz CT molecular complexity index is 552. The van der Waals surface area contributed by atoms with E-state index in [-0.39, 0.29) is 0 Å². The molecule has 0 saturated heterocycles. The molecule has 80 valence electrons. The third-order valence-corrected chi connectivity index (χ3v) is 2.30. The maximum Gasteiger partial charge on any atom is 0.163 e. The van der Waals surface area contributed by atoms with E-state index >= 15 is 0 Å². The minimum Gasteiger partial charge on any atom is -0.475 e. The molecule has 0 aliphatic heterocycles. The zero-order valence-electron chi connectivity index (χ0n) is 9.40. The largest absolute Gasteiger partial charge is 0.475 e. The summed E-state index contributed by atoms with van der Waals surface area (Å²) >= 11 is 0. The molecule has 0 fully saturated rings. The van der Waals surface area contributed by atoms with Crippen molar-refractivity contribution >= 4 is 10.9 Å². The van der Waals surface area contributed by atoms with Crippen LogP contribution in [0.4, 0.5) is 0 Å². The lowest BCUT2D eigenvalue weighted by molar-refractivity contribution is 0.173. The van der Waals surface area contributed by atoms with E-state index in [1.807, 2.05) is 44.2 Å². The summed E-state index contributed by atoms with van der Waals surface area (Å²) in [7, 11) is 0. The van der Waals surface area contributed by atoms with Gasteiger partial charge in [0, 0.05) is 11.6 Å². The molecule has 0 aliphatic rings. The van der Waals surface area contributed by atoms with Gasteiger partial charge in [0.25, 0.3) is 0 Å². The van der Waals surface area contributed by atoms with Crippen molar-refractivity contribution in [1.82, 2.24) is 4.98 Å². The molecule has 0 unspecified atom stereocenters. The molecule has 1 heterocycles. The number of ether oxygens (including phenoxy) is 1. The maximum atomic E-state index is 5.70. The average molecular weight is 211 g/mol. The van der Waals surface area contributed by atoms with Crippen LogP contribution in [-0.4, -0.2) is 10.6 Å². The van der Waals surface area contributed by atoms with Gasteiger partial charge in [-0.25, -0.2) is 0 Å². The first kappa shape index (κ1) is 10.5. The summed E-state index contributed by atoms with van der Waals surface area (Å²) in [6, 6.07) is 9.66. The average Bonchev–Trinajstić information content (AvgIpc) is 2.28. The topological polar surface area (TPSA) is 22.1 Å². The number of pyridine rings is 1. The molecule has 0 N–H and O–H groups in total. The van der Waals surface area contributed by atoms with Gasteiger partial charge in [-0.15, -0.1) is 6.42 Å². The van der Waals surface area contributed by atoms with Crippen molar-refractivity contribution < 1.29 is 4.74 Å². The van der Waals surface area contributed by atoms with E-state index in [0.29, 0.717) is 0 Å². The molecule has 0 bridgehead atoms. The minimum absolute atomic E-state index is 0.587. The van der Waals surface area contributed by atoms with Gasteiger partial charge < -0.3 is 4.74 Å². The van der Waals surface area contributed by atoms with Crippen molar-refractivity contribution in [2.75, 3.05) is 0 Å². The fourth-order valence-electron chi connectivity index (χ4n) is 1.44. The van der Waals surface area contributed by atoms with Gasteiger partial charge in [0.05, 0.1) is 5.52 Å². The zero-order chi connectivity index (χ0) is 11.6. The minimum atomic E-state index is -0.587. The smallest absolute Gasteiger partial charge is 0.163 e. The highest BCUT2D eigenvalue weighted by molar-refractivity contribution is 5.79. The Kier molecular flexibility index (Phi) is 2.54. The Balaban J connectivity index is 2.37. The van der Waals surface area contributed by atoms with Gasteiger partial charge in [0.2, 0.25) is 0 Å². The van der Waals surface area contributed by atoms with Crippen molar-refractivity contribution in [3.63, 3.8) is 0 Å². The van der Waals surface area contributed by atoms with Crippen LogP contribution in [0.25, 0.3) is 10.9 Å². The van der Waals surface area contributed by atoms with Crippen LogP contribution >= 0.6 is 0 Å².